The van der Waals surface area contributed by atoms with E-state index in [1.807, 2.05) is 23.1 Å². The van der Waals surface area contributed by atoms with Crippen molar-refractivity contribution in [3.8, 4) is 0 Å². The topological polar surface area (TPSA) is 129 Å². The van der Waals surface area contributed by atoms with Crippen LogP contribution in [-0.2, 0) is 22.5 Å². The van der Waals surface area contributed by atoms with Gasteiger partial charge in [-0.25, -0.2) is 19.9 Å². The van der Waals surface area contributed by atoms with Crippen molar-refractivity contribution in [2.75, 3.05) is 49.5 Å². The quantitative estimate of drug-likeness (QED) is 0.462. The molecule has 200 valence electrons. The summed E-state index contributed by atoms with van der Waals surface area (Å²) >= 11 is 0. The number of carbonyl (C=O) groups is 1. The number of morpholine rings is 1. The number of nitrogens with one attached hydrogen (secondary N) is 2. The molecule has 6 heterocycles. The monoisotopic (exact) mass is 518 g/mol. The molecule has 6 rings (SSSR count). The number of hydrogen-bond donors (Lipinski definition) is 3. The second kappa shape index (κ2) is 10.8. The summed E-state index contributed by atoms with van der Waals surface area (Å²) in [5, 5.41) is 17.5. The highest BCUT2D eigenvalue weighted by Crippen LogP contribution is 2.30. The second-order valence-corrected chi connectivity index (χ2v) is 10.2. The van der Waals surface area contributed by atoms with Crippen LogP contribution in [0.4, 0.5) is 17.6 Å². The minimum absolute atomic E-state index is 0.0338. The highest BCUT2D eigenvalue weighted by molar-refractivity contribution is 5.89. The number of nitrogens with zero attached hydrogens (tertiary/aromatic N) is 6. The lowest BCUT2D eigenvalue weighted by Gasteiger charge is -2.33. The number of aromatic nitrogens is 4. The number of rotatable bonds is 5. The van der Waals surface area contributed by atoms with Crippen molar-refractivity contribution in [2.45, 2.75) is 51.4 Å². The fourth-order valence-electron chi connectivity index (χ4n) is 5.36. The molecule has 0 saturated carbocycles. The third kappa shape index (κ3) is 5.13. The third-order valence-corrected chi connectivity index (χ3v) is 7.45. The minimum Gasteiger partial charge on any atom is -0.387 e. The van der Waals surface area contributed by atoms with Crippen molar-refractivity contribution < 1.29 is 14.6 Å². The van der Waals surface area contributed by atoms with E-state index in [4.69, 9.17) is 19.7 Å². The first-order chi connectivity index (χ1) is 18.5. The lowest BCUT2D eigenvalue weighted by atomic mass is 10.0. The van der Waals surface area contributed by atoms with Gasteiger partial charge in [0.2, 0.25) is 5.95 Å². The maximum absolute atomic E-state index is 12.9. The first-order valence-electron chi connectivity index (χ1n) is 13.5. The van der Waals surface area contributed by atoms with Crippen molar-refractivity contribution in [1.82, 2.24) is 30.2 Å². The number of ether oxygens (including phenoxy) is 1. The number of fused-ring (bicyclic) bond motifs is 2. The van der Waals surface area contributed by atoms with E-state index in [1.165, 1.54) is 6.42 Å². The van der Waals surface area contributed by atoms with Crippen molar-refractivity contribution in [3.05, 3.63) is 41.3 Å². The van der Waals surface area contributed by atoms with Crippen molar-refractivity contribution in [2.24, 2.45) is 0 Å². The number of hydrogen-bond acceptors (Lipinski definition) is 10. The van der Waals surface area contributed by atoms with Gasteiger partial charge in [0.1, 0.15) is 17.4 Å². The fraction of sp³-hybridized carbons (Fsp3) is 0.519. The zero-order valence-corrected chi connectivity index (χ0v) is 21.7. The van der Waals surface area contributed by atoms with Gasteiger partial charge in [-0.3, -0.25) is 4.79 Å². The zero-order valence-electron chi connectivity index (χ0n) is 21.7. The molecule has 2 saturated heterocycles. The van der Waals surface area contributed by atoms with E-state index in [9.17, 15) is 9.90 Å². The molecule has 1 amide bonds. The summed E-state index contributed by atoms with van der Waals surface area (Å²) in [7, 11) is 0. The number of amides is 1. The number of aliphatic hydroxyl groups excluding tert-OH is 1. The molecule has 0 bridgehead atoms. The van der Waals surface area contributed by atoms with Crippen LogP contribution in [-0.4, -0.2) is 81.3 Å². The third-order valence-electron chi connectivity index (χ3n) is 7.45. The Bertz CT molecular complexity index is 1320. The van der Waals surface area contributed by atoms with Crippen LogP contribution in [0, 0.1) is 0 Å². The average molecular weight is 519 g/mol. The number of anilines is 3. The lowest BCUT2D eigenvalue weighted by Crippen LogP contribution is -2.50. The zero-order chi connectivity index (χ0) is 26.1. The van der Waals surface area contributed by atoms with E-state index in [-0.39, 0.29) is 5.91 Å². The average Bonchev–Trinajstić information content (AvgIpc) is 2.97. The standard InChI is InChI=1S/C27H34N8O3/c1-17(36)21-13-19-14-29-27(33-24(19)25(31-21)34-9-3-2-4-10-34)32-23-6-5-18-16-35(11-7-20(18)30-23)26(37)22-15-28-8-12-38-22/h5-6,13-14,17,22,28,36H,2-4,7-12,15-16H2,1H3,(H,29,30,32,33)/t17-,22?/m1/s1. The van der Waals surface area contributed by atoms with E-state index in [0.29, 0.717) is 50.1 Å². The second-order valence-electron chi connectivity index (χ2n) is 10.2. The van der Waals surface area contributed by atoms with Gasteiger partial charge < -0.3 is 30.3 Å². The van der Waals surface area contributed by atoms with Crippen LogP contribution in [0.5, 0.6) is 0 Å². The molecule has 38 heavy (non-hydrogen) atoms. The highest BCUT2D eigenvalue weighted by Gasteiger charge is 2.29. The summed E-state index contributed by atoms with van der Waals surface area (Å²) in [5.41, 5.74) is 3.40. The van der Waals surface area contributed by atoms with Gasteiger partial charge in [-0.1, -0.05) is 6.07 Å². The summed E-state index contributed by atoms with van der Waals surface area (Å²) in [5.74, 6) is 1.94. The molecule has 0 spiro atoms. The molecular formula is C27H34N8O3. The summed E-state index contributed by atoms with van der Waals surface area (Å²) in [6.07, 6.45) is 4.82. The number of aliphatic hydroxyl groups is 1. The Morgan fingerprint density at radius 1 is 1.18 bits per heavy atom. The van der Waals surface area contributed by atoms with E-state index >= 15 is 0 Å². The van der Waals surface area contributed by atoms with Gasteiger partial charge in [0.15, 0.2) is 5.82 Å². The SMILES string of the molecule is C[C@@H](O)c1cc2cnc(Nc3ccc4c(n3)CCN(C(=O)C3CNCCO3)C4)nc2c(N2CCCCC2)n1. The fourth-order valence-corrected chi connectivity index (χ4v) is 5.36. The molecule has 3 N–H and O–H groups in total. The molecule has 0 aromatic carbocycles. The Hall–Kier alpha value is -3.41. The number of piperidine rings is 1. The van der Waals surface area contributed by atoms with Crippen LogP contribution in [0.25, 0.3) is 10.9 Å². The van der Waals surface area contributed by atoms with Gasteiger partial charge in [0.05, 0.1) is 18.4 Å². The smallest absolute Gasteiger partial charge is 0.253 e. The van der Waals surface area contributed by atoms with Gasteiger partial charge >= 0.3 is 0 Å². The van der Waals surface area contributed by atoms with Crippen LogP contribution >= 0.6 is 0 Å². The van der Waals surface area contributed by atoms with Crippen LogP contribution in [0.3, 0.4) is 0 Å². The van der Waals surface area contributed by atoms with Gasteiger partial charge in [0.25, 0.3) is 5.91 Å². The predicted octanol–water partition coefficient (Wildman–Crippen LogP) is 2.08. The molecular weight excluding hydrogens is 484 g/mol. The summed E-state index contributed by atoms with van der Waals surface area (Å²) in [6, 6.07) is 5.77. The van der Waals surface area contributed by atoms with Crippen LogP contribution in [0.15, 0.2) is 24.4 Å². The molecule has 11 nitrogen and oxygen atoms in total. The predicted molar refractivity (Wildman–Crippen MR) is 143 cm³/mol. The number of pyridine rings is 2. The first-order valence-corrected chi connectivity index (χ1v) is 13.5. The van der Waals surface area contributed by atoms with Crippen LogP contribution in [0.2, 0.25) is 0 Å². The molecule has 1 unspecified atom stereocenters. The van der Waals surface area contributed by atoms with E-state index in [1.54, 1.807) is 13.1 Å². The molecule has 0 aliphatic carbocycles. The van der Waals surface area contributed by atoms with Gasteiger partial charge in [-0.05, 0) is 43.9 Å². The van der Waals surface area contributed by atoms with Gasteiger partial charge in [-0.2, -0.15) is 0 Å². The molecule has 2 fully saturated rings. The van der Waals surface area contributed by atoms with Crippen molar-refractivity contribution in [3.63, 3.8) is 0 Å². The van der Waals surface area contributed by atoms with Crippen LogP contribution < -0.4 is 15.5 Å². The normalized spacial score (nSPS) is 20.7. The Labute approximate surface area is 221 Å². The Morgan fingerprint density at radius 3 is 2.84 bits per heavy atom. The first kappa shape index (κ1) is 24.9. The molecule has 2 atom stereocenters. The molecule has 3 aromatic heterocycles. The number of carbonyl (C=O) groups excluding carboxylic acids is 1. The van der Waals surface area contributed by atoms with Crippen molar-refractivity contribution >= 4 is 34.4 Å². The van der Waals surface area contributed by atoms with Crippen molar-refractivity contribution in [1.29, 1.82) is 0 Å². The molecule has 3 aliphatic heterocycles. The highest BCUT2D eigenvalue weighted by atomic mass is 16.5. The largest absolute Gasteiger partial charge is 0.387 e. The van der Waals surface area contributed by atoms with Crippen LogP contribution in [0.1, 0.15) is 49.2 Å². The lowest BCUT2D eigenvalue weighted by molar-refractivity contribution is -0.146. The molecule has 11 heteroatoms. The van der Waals surface area contributed by atoms with Gasteiger partial charge in [0, 0.05) is 63.0 Å². The Morgan fingerprint density at radius 2 is 2.05 bits per heavy atom. The Balaban J connectivity index is 1.22. The maximum atomic E-state index is 12.9. The minimum atomic E-state index is -0.668. The summed E-state index contributed by atoms with van der Waals surface area (Å²) in [4.78, 5) is 35.9. The summed E-state index contributed by atoms with van der Waals surface area (Å²) < 4.78 is 5.65. The van der Waals surface area contributed by atoms with Gasteiger partial charge in [-0.15, -0.1) is 0 Å². The Kier molecular flexibility index (Phi) is 7.05. The van der Waals surface area contributed by atoms with E-state index < -0.39 is 12.2 Å². The maximum Gasteiger partial charge on any atom is 0.253 e. The van der Waals surface area contributed by atoms with E-state index in [2.05, 4.69) is 20.5 Å². The summed E-state index contributed by atoms with van der Waals surface area (Å²) in [6.45, 7) is 6.63. The van der Waals surface area contributed by atoms with E-state index in [0.717, 1.165) is 60.5 Å². The molecule has 0 radical (unpaired) electrons. The molecule has 3 aliphatic rings. The molecule has 3 aromatic rings.